The summed E-state index contributed by atoms with van der Waals surface area (Å²) in [4.78, 5) is 14.6. The third kappa shape index (κ3) is 3.20. The summed E-state index contributed by atoms with van der Waals surface area (Å²) in [5.74, 6) is -0.427. The van der Waals surface area contributed by atoms with Crippen molar-refractivity contribution in [3.8, 4) is 0 Å². The molecule has 0 bridgehead atoms. The zero-order valence-corrected chi connectivity index (χ0v) is 12.2. The Bertz CT molecular complexity index is 602. The number of aromatic nitrogens is 1. The number of rotatable bonds is 6. The number of nitrogens with one attached hydrogen (secondary N) is 2. The average Bonchev–Trinajstić information content (AvgIpc) is 2.69. The second-order valence-electron chi connectivity index (χ2n) is 5.68. The van der Waals surface area contributed by atoms with Crippen molar-refractivity contribution in [1.29, 1.82) is 0 Å². The molecule has 3 N–H and O–H groups in total. The smallest absolute Gasteiger partial charge is 0.320 e. The van der Waals surface area contributed by atoms with Crippen LogP contribution in [0.5, 0.6) is 0 Å². The van der Waals surface area contributed by atoms with Gasteiger partial charge in [-0.05, 0) is 30.9 Å². The molecule has 0 aliphatic carbocycles. The molecule has 108 valence electrons. The van der Waals surface area contributed by atoms with Gasteiger partial charge in [0.15, 0.2) is 0 Å². The van der Waals surface area contributed by atoms with E-state index >= 15 is 0 Å². The lowest BCUT2D eigenvalue weighted by atomic mass is 10.0. The van der Waals surface area contributed by atoms with Crippen molar-refractivity contribution < 1.29 is 9.90 Å². The molecule has 2 aromatic rings. The van der Waals surface area contributed by atoms with Crippen LogP contribution in [0, 0.1) is 12.8 Å². The Balaban J connectivity index is 2.15. The Hall–Kier alpha value is -1.81. The number of H-pyrrole nitrogens is 1. The van der Waals surface area contributed by atoms with Crippen molar-refractivity contribution in [2.75, 3.05) is 0 Å². The molecular weight excluding hydrogens is 252 g/mol. The van der Waals surface area contributed by atoms with Gasteiger partial charge < -0.3 is 15.4 Å². The first-order valence-corrected chi connectivity index (χ1v) is 7.01. The second-order valence-corrected chi connectivity index (χ2v) is 5.68. The van der Waals surface area contributed by atoms with Crippen LogP contribution in [0.3, 0.4) is 0 Å². The third-order valence-corrected chi connectivity index (χ3v) is 3.56. The molecule has 1 aromatic carbocycles. The highest BCUT2D eigenvalue weighted by molar-refractivity contribution is 5.84. The number of carbonyl (C=O) groups is 1. The van der Waals surface area contributed by atoms with Crippen LogP contribution in [0.4, 0.5) is 0 Å². The maximum atomic E-state index is 11.3. The molecule has 20 heavy (non-hydrogen) atoms. The SMILES string of the molecule is Cc1[nH]c2ccccc2c1CNC(CC(C)C)C(=O)O. The van der Waals surface area contributed by atoms with Crippen LogP contribution in [0.15, 0.2) is 24.3 Å². The Morgan fingerprint density at radius 2 is 2.05 bits per heavy atom. The number of hydrogen-bond acceptors (Lipinski definition) is 2. The number of benzene rings is 1. The molecule has 4 heteroatoms. The lowest BCUT2D eigenvalue weighted by Crippen LogP contribution is -2.37. The van der Waals surface area contributed by atoms with E-state index in [1.807, 2.05) is 39.0 Å². The number of aliphatic carboxylic acids is 1. The lowest BCUT2D eigenvalue weighted by Gasteiger charge is -2.16. The predicted octanol–water partition coefficient (Wildman–Crippen LogP) is 3.07. The van der Waals surface area contributed by atoms with Crippen molar-refractivity contribution in [1.82, 2.24) is 10.3 Å². The molecule has 0 amide bonds. The van der Waals surface area contributed by atoms with E-state index in [-0.39, 0.29) is 0 Å². The number of carboxylic acids is 1. The van der Waals surface area contributed by atoms with Gasteiger partial charge in [-0.1, -0.05) is 32.0 Å². The molecule has 0 spiro atoms. The van der Waals surface area contributed by atoms with E-state index in [0.717, 1.165) is 22.2 Å². The fourth-order valence-corrected chi connectivity index (χ4v) is 2.53. The average molecular weight is 274 g/mol. The Morgan fingerprint density at radius 1 is 1.35 bits per heavy atom. The van der Waals surface area contributed by atoms with E-state index in [1.165, 1.54) is 0 Å². The number of aryl methyl sites for hydroxylation is 1. The summed E-state index contributed by atoms with van der Waals surface area (Å²) in [6.07, 6.45) is 0.636. The summed E-state index contributed by atoms with van der Waals surface area (Å²) in [5, 5.41) is 13.6. The lowest BCUT2D eigenvalue weighted by molar-refractivity contribution is -0.140. The largest absolute Gasteiger partial charge is 0.480 e. The number of fused-ring (bicyclic) bond motifs is 1. The van der Waals surface area contributed by atoms with Crippen LogP contribution in [0.2, 0.25) is 0 Å². The molecule has 0 aliphatic rings. The number of aromatic amines is 1. The van der Waals surface area contributed by atoms with Crippen LogP contribution in [-0.4, -0.2) is 22.1 Å². The zero-order valence-electron chi connectivity index (χ0n) is 12.2. The van der Waals surface area contributed by atoms with E-state index in [1.54, 1.807) is 0 Å². The van der Waals surface area contributed by atoms with Gasteiger partial charge in [-0.2, -0.15) is 0 Å². The number of hydrogen-bond donors (Lipinski definition) is 3. The normalized spacial score (nSPS) is 13.0. The van der Waals surface area contributed by atoms with Gasteiger partial charge in [0.1, 0.15) is 6.04 Å². The topological polar surface area (TPSA) is 65.1 Å². The van der Waals surface area contributed by atoms with Gasteiger partial charge in [0, 0.05) is 23.1 Å². The molecule has 0 radical (unpaired) electrons. The van der Waals surface area contributed by atoms with Gasteiger partial charge in [0.05, 0.1) is 0 Å². The van der Waals surface area contributed by atoms with Gasteiger partial charge in [-0.25, -0.2) is 0 Å². The summed E-state index contributed by atoms with van der Waals surface area (Å²) in [6, 6.07) is 7.60. The molecule has 0 saturated heterocycles. The van der Waals surface area contributed by atoms with Crippen molar-refractivity contribution in [3.05, 3.63) is 35.5 Å². The maximum Gasteiger partial charge on any atom is 0.320 e. The van der Waals surface area contributed by atoms with Crippen molar-refractivity contribution in [2.24, 2.45) is 5.92 Å². The molecule has 0 saturated carbocycles. The van der Waals surface area contributed by atoms with E-state index < -0.39 is 12.0 Å². The molecule has 2 rings (SSSR count). The fourth-order valence-electron chi connectivity index (χ4n) is 2.53. The van der Waals surface area contributed by atoms with Crippen LogP contribution in [-0.2, 0) is 11.3 Å². The van der Waals surface area contributed by atoms with Crippen molar-refractivity contribution in [3.63, 3.8) is 0 Å². The first-order chi connectivity index (χ1) is 9.49. The molecular formula is C16H22N2O2. The quantitative estimate of drug-likeness (QED) is 0.758. The molecule has 1 aromatic heterocycles. The zero-order chi connectivity index (χ0) is 14.7. The maximum absolute atomic E-state index is 11.3. The van der Waals surface area contributed by atoms with Crippen molar-refractivity contribution in [2.45, 2.75) is 39.8 Å². The Labute approximate surface area is 119 Å². The molecule has 1 heterocycles. The number of carboxylic acid groups (broad SMARTS) is 1. The first kappa shape index (κ1) is 14.6. The highest BCUT2D eigenvalue weighted by Gasteiger charge is 2.19. The predicted molar refractivity (Wildman–Crippen MR) is 80.8 cm³/mol. The summed E-state index contributed by atoms with van der Waals surface area (Å²) in [6.45, 7) is 6.66. The third-order valence-electron chi connectivity index (χ3n) is 3.56. The van der Waals surface area contributed by atoms with E-state index in [4.69, 9.17) is 0 Å². The minimum absolute atomic E-state index is 0.354. The van der Waals surface area contributed by atoms with Crippen LogP contribution in [0.25, 0.3) is 10.9 Å². The summed E-state index contributed by atoms with van der Waals surface area (Å²) >= 11 is 0. The van der Waals surface area contributed by atoms with Gasteiger partial charge in [-0.3, -0.25) is 4.79 Å². The number of para-hydroxylation sites is 1. The molecule has 0 fully saturated rings. The molecule has 1 atom stereocenters. The van der Waals surface area contributed by atoms with Crippen LogP contribution in [0.1, 0.15) is 31.5 Å². The van der Waals surface area contributed by atoms with E-state index in [9.17, 15) is 9.90 Å². The first-order valence-electron chi connectivity index (χ1n) is 7.01. The molecule has 1 unspecified atom stereocenters. The minimum atomic E-state index is -0.781. The van der Waals surface area contributed by atoms with Gasteiger partial charge >= 0.3 is 5.97 Å². The van der Waals surface area contributed by atoms with E-state index in [0.29, 0.717) is 18.9 Å². The summed E-state index contributed by atoms with van der Waals surface area (Å²) < 4.78 is 0. The van der Waals surface area contributed by atoms with Crippen LogP contribution >= 0.6 is 0 Å². The monoisotopic (exact) mass is 274 g/mol. The second kappa shape index (κ2) is 6.09. The highest BCUT2D eigenvalue weighted by Crippen LogP contribution is 2.21. The van der Waals surface area contributed by atoms with Gasteiger partial charge in [-0.15, -0.1) is 0 Å². The van der Waals surface area contributed by atoms with Crippen molar-refractivity contribution >= 4 is 16.9 Å². The fraction of sp³-hybridized carbons (Fsp3) is 0.438. The minimum Gasteiger partial charge on any atom is -0.480 e. The Morgan fingerprint density at radius 3 is 2.70 bits per heavy atom. The summed E-state index contributed by atoms with van der Waals surface area (Å²) in [7, 11) is 0. The van der Waals surface area contributed by atoms with Gasteiger partial charge in [0.25, 0.3) is 0 Å². The summed E-state index contributed by atoms with van der Waals surface area (Å²) in [5.41, 5.74) is 3.33. The Kier molecular flexibility index (Phi) is 4.45. The van der Waals surface area contributed by atoms with Crippen LogP contribution < -0.4 is 5.32 Å². The highest BCUT2D eigenvalue weighted by atomic mass is 16.4. The van der Waals surface area contributed by atoms with E-state index in [2.05, 4.69) is 16.4 Å². The molecule has 0 aliphatic heterocycles. The standard InChI is InChI=1S/C16H22N2O2/c1-10(2)8-15(16(19)20)17-9-13-11(3)18-14-7-5-4-6-12(13)14/h4-7,10,15,17-18H,8-9H2,1-3H3,(H,19,20). The molecule has 4 nitrogen and oxygen atoms in total. The van der Waals surface area contributed by atoms with Gasteiger partial charge in [0.2, 0.25) is 0 Å².